The summed E-state index contributed by atoms with van der Waals surface area (Å²) in [5.74, 6) is 0. The molecule has 0 atom stereocenters. The molecule has 1 aromatic rings. The van der Waals surface area contributed by atoms with Crippen LogP contribution in [0.2, 0.25) is 5.02 Å². The maximum atomic E-state index is 6.28. The highest BCUT2D eigenvalue weighted by Gasteiger charge is 2.13. The highest BCUT2D eigenvalue weighted by Crippen LogP contribution is 2.20. The zero-order chi connectivity index (χ0) is 12.1. The molecule has 3 nitrogen and oxygen atoms in total. The molecule has 0 aliphatic rings. The van der Waals surface area contributed by atoms with Gasteiger partial charge in [-0.25, -0.2) is 0 Å². The van der Waals surface area contributed by atoms with E-state index in [0.29, 0.717) is 6.04 Å². The average Bonchev–Trinajstić information content (AvgIpc) is 2.56. The van der Waals surface area contributed by atoms with Crippen molar-refractivity contribution in [3.63, 3.8) is 0 Å². The van der Waals surface area contributed by atoms with Crippen LogP contribution in [0.5, 0.6) is 0 Å². The van der Waals surface area contributed by atoms with Gasteiger partial charge in [0.05, 0.1) is 16.4 Å². The zero-order valence-electron chi connectivity index (χ0n) is 10.7. The molecule has 0 saturated carbocycles. The summed E-state index contributed by atoms with van der Waals surface area (Å²) in [6.07, 6.45) is 3.18. The van der Waals surface area contributed by atoms with E-state index in [9.17, 15) is 0 Å². The first-order chi connectivity index (χ1) is 7.63. The molecule has 0 aliphatic heterocycles. The Morgan fingerprint density at radius 3 is 2.38 bits per heavy atom. The topological polar surface area (TPSA) is 29.9 Å². The molecule has 0 fully saturated rings. The summed E-state index contributed by atoms with van der Waals surface area (Å²) >= 11 is 6.28. The van der Waals surface area contributed by atoms with Gasteiger partial charge >= 0.3 is 0 Å². The molecular formula is C12H22ClN3. The molecule has 16 heavy (non-hydrogen) atoms. The lowest BCUT2D eigenvalue weighted by molar-refractivity contribution is 0.472. The van der Waals surface area contributed by atoms with Crippen molar-refractivity contribution in [2.24, 2.45) is 7.05 Å². The van der Waals surface area contributed by atoms with Crippen molar-refractivity contribution in [2.75, 3.05) is 0 Å². The largest absolute Gasteiger partial charge is 0.308 e. The molecule has 4 heteroatoms. The molecule has 0 amide bonds. The number of aromatic nitrogens is 2. The first-order valence-corrected chi connectivity index (χ1v) is 6.45. The number of hydrogen-bond acceptors (Lipinski definition) is 2. The number of hydrogen-bond donors (Lipinski definition) is 1. The lowest BCUT2D eigenvalue weighted by Crippen LogP contribution is -2.28. The first kappa shape index (κ1) is 13.5. The molecule has 1 rings (SSSR count). The van der Waals surface area contributed by atoms with Gasteiger partial charge in [0.15, 0.2) is 0 Å². The van der Waals surface area contributed by atoms with Gasteiger partial charge in [0.2, 0.25) is 0 Å². The normalized spacial score (nSPS) is 11.4. The van der Waals surface area contributed by atoms with Gasteiger partial charge in [0.1, 0.15) is 0 Å². The zero-order valence-corrected chi connectivity index (χ0v) is 11.4. The summed E-state index contributed by atoms with van der Waals surface area (Å²) in [4.78, 5) is 0. The standard InChI is InChI=1S/C12H22ClN3/c1-5-9(6-2)14-8-11-12(13)10(7-3)15-16(11)4/h9,14H,5-8H2,1-4H3. The smallest absolute Gasteiger partial charge is 0.0863 e. The summed E-state index contributed by atoms with van der Waals surface area (Å²) in [5, 5.41) is 8.73. The monoisotopic (exact) mass is 243 g/mol. The van der Waals surface area contributed by atoms with E-state index >= 15 is 0 Å². The average molecular weight is 244 g/mol. The minimum atomic E-state index is 0.566. The molecule has 0 aromatic carbocycles. The van der Waals surface area contributed by atoms with E-state index in [4.69, 9.17) is 11.6 Å². The first-order valence-electron chi connectivity index (χ1n) is 6.07. The fraction of sp³-hybridized carbons (Fsp3) is 0.750. The third-order valence-electron chi connectivity index (χ3n) is 3.05. The quantitative estimate of drug-likeness (QED) is 0.833. The van der Waals surface area contributed by atoms with Crippen LogP contribution in [0.4, 0.5) is 0 Å². The maximum Gasteiger partial charge on any atom is 0.0863 e. The second-order valence-corrected chi connectivity index (χ2v) is 4.46. The molecule has 92 valence electrons. The number of nitrogens with one attached hydrogen (secondary N) is 1. The molecule has 0 radical (unpaired) electrons. The Balaban J connectivity index is 2.69. The maximum absolute atomic E-state index is 6.28. The van der Waals surface area contributed by atoms with E-state index in [0.717, 1.165) is 42.2 Å². The third kappa shape index (κ3) is 2.98. The Bertz CT molecular complexity index is 329. The fourth-order valence-corrected chi connectivity index (χ4v) is 2.19. The van der Waals surface area contributed by atoms with Crippen LogP contribution in [0.25, 0.3) is 0 Å². The van der Waals surface area contributed by atoms with Crippen LogP contribution in [0.3, 0.4) is 0 Å². The lowest BCUT2D eigenvalue weighted by Gasteiger charge is -2.14. The van der Waals surface area contributed by atoms with Crippen molar-refractivity contribution < 1.29 is 0 Å². The molecule has 1 N–H and O–H groups in total. The molecule has 0 bridgehead atoms. The second-order valence-electron chi connectivity index (χ2n) is 4.08. The van der Waals surface area contributed by atoms with Crippen molar-refractivity contribution in [1.29, 1.82) is 0 Å². The van der Waals surface area contributed by atoms with E-state index in [1.807, 2.05) is 11.7 Å². The van der Waals surface area contributed by atoms with Gasteiger partial charge in [-0.2, -0.15) is 5.10 Å². The van der Waals surface area contributed by atoms with Crippen LogP contribution in [0, 0.1) is 0 Å². The highest BCUT2D eigenvalue weighted by molar-refractivity contribution is 6.31. The Morgan fingerprint density at radius 1 is 1.31 bits per heavy atom. The molecular weight excluding hydrogens is 222 g/mol. The number of halogens is 1. The molecule has 0 aliphatic carbocycles. The van der Waals surface area contributed by atoms with Crippen LogP contribution >= 0.6 is 11.6 Å². The molecule has 1 aromatic heterocycles. The Morgan fingerprint density at radius 2 is 1.94 bits per heavy atom. The second kappa shape index (κ2) is 6.26. The van der Waals surface area contributed by atoms with E-state index in [1.165, 1.54) is 0 Å². The summed E-state index contributed by atoms with van der Waals surface area (Å²) in [5.41, 5.74) is 2.08. The summed E-state index contributed by atoms with van der Waals surface area (Å²) in [7, 11) is 1.95. The molecule has 0 spiro atoms. The van der Waals surface area contributed by atoms with Crippen LogP contribution in [-0.2, 0) is 20.0 Å². The van der Waals surface area contributed by atoms with Gasteiger partial charge in [-0.15, -0.1) is 0 Å². The van der Waals surface area contributed by atoms with Crippen molar-refractivity contribution >= 4 is 11.6 Å². The summed E-state index contributed by atoms with van der Waals surface area (Å²) in [6.45, 7) is 7.27. The minimum Gasteiger partial charge on any atom is -0.308 e. The van der Waals surface area contributed by atoms with Crippen LogP contribution in [-0.4, -0.2) is 15.8 Å². The van der Waals surface area contributed by atoms with E-state index < -0.39 is 0 Å². The van der Waals surface area contributed by atoms with E-state index in [2.05, 4.69) is 31.2 Å². The van der Waals surface area contributed by atoms with Gasteiger partial charge in [-0.05, 0) is 19.3 Å². The van der Waals surface area contributed by atoms with Crippen molar-refractivity contribution in [1.82, 2.24) is 15.1 Å². The number of nitrogens with zero attached hydrogens (tertiary/aromatic N) is 2. The highest BCUT2D eigenvalue weighted by atomic mass is 35.5. The van der Waals surface area contributed by atoms with Gasteiger partial charge in [-0.1, -0.05) is 32.4 Å². The van der Waals surface area contributed by atoms with Crippen molar-refractivity contribution in [3.05, 3.63) is 16.4 Å². The fourth-order valence-electron chi connectivity index (χ4n) is 1.83. The van der Waals surface area contributed by atoms with Crippen LogP contribution in [0.15, 0.2) is 0 Å². The number of aryl methyl sites for hydroxylation is 2. The van der Waals surface area contributed by atoms with E-state index in [-0.39, 0.29) is 0 Å². The minimum absolute atomic E-state index is 0.566. The summed E-state index contributed by atoms with van der Waals surface area (Å²) < 4.78 is 1.89. The van der Waals surface area contributed by atoms with Crippen LogP contribution in [0.1, 0.15) is 45.0 Å². The predicted octanol–water partition coefficient (Wildman–Crippen LogP) is 2.91. The van der Waals surface area contributed by atoms with Gasteiger partial charge in [-0.3, -0.25) is 4.68 Å². The molecule has 0 saturated heterocycles. The van der Waals surface area contributed by atoms with Crippen LogP contribution < -0.4 is 5.32 Å². The van der Waals surface area contributed by atoms with Gasteiger partial charge in [0.25, 0.3) is 0 Å². The van der Waals surface area contributed by atoms with Crippen molar-refractivity contribution in [2.45, 2.75) is 52.6 Å². The SMILES string of the molecule is CCc1nn(C)c(CNC(CC)CC)c1Cl. The summed E-state index contributed by atoms with van der Waals surface area (Å²) in [6, 6.07) is 0.566. The third-order valence-corrected chi connectivity index (χ3v) is 3.48. The number of rotatable bonds is 6. The Labute approximate surface area is 103 Å². The Kier molecular flexibility index (Phi) is 5.29. The predicted molar refractivity (Wildman–Crippen MR) is 68.8 cm³/mol. The lowest BCUT2D eigenvalue weighted by atomic mass is 10.1. The van der Waals surface area contributed by atoms with E-state index in [1.54, 1.807) is 0 Å². The van der Waals surface area contributed by atoms with Gasteiger partial charge < -0.3 is 5.32 Å². The van der Waals surface area contributed by atoms with Gasteiger partial charge in [0, 0.05) is 19.6 Å². The molecule has 0 unspecified atom stereocenters. The Hall–Kier alpha value is -0.540. The molecule has 1 heterocycles. The van der Waals surface area contributed by atoms with Crippen molar-refractivity contribution in [3.8, 4) is 0 Å².